The molecule has 1 unspecified atom stereocenters. The van der Waals surface area contributed by atoms with Crippen molar-refractivity contribution < 1.29 is 32.9 Å². The van der Waals surface area contributed by atoms with Gasteiger partial charge >= 0.3 is 12.1 Å². The Morgan fingerprint density at radius 3 is 2.37 bits per heavy atom. The Labute approximate surface area is 176 Å². The highest BCUT2D eigenvalue weighted by Gasteiger charge is 2.30. The van der Waals surface area contributed by atoms with Gasteiger partial charge in [-0.2, -0.15) is 13.2 Å². The number of aliphatic hydroxyl groups excluding tert-OH is 1. The Balaban J connectivity index is 2.09. The van der Waals surface area contributed by atoms with Crippen LogP contribution in [0.25, 0.3) is 0 Å². The van der Waals surface area contributed by atoms with Gasteiger partial charge in [-0.3, -0.25) is 4.79 Å². The molecular formula is C23H31F3O4. The van der Waals surface area contributed by atoms with Crippen LogP contribution in [0.2, 0.25) is 0 Å². The molecule has 1 aromatic rings. The molecule has 0 aliphatic heterocycles. The summed E-state index contributed by atoms with van der Waals surface area (Å²) in [5.41, 5.74) is -0.786. The van der Waals surface area contributed by atoms with Crippen molar-refractivity contribution in [2.24, 2.45) is 0 Å². The first-order valence-corrected chi connectivity index (χ1v) is 10.3. The van der Waals surface area contributed by atoms with Gasteiger partial charge in [0.25, 0.3) is 0 Å². The number of alkyl halides is 3. The third-order valence-electron chi connectivity index (χ3n) is 4.42. The van der Waals surface area contributed by atoms with Crippen LogP contribution in [0.1, 0.15) is 63.4 Å². The van der Waals surface area contributed by atoms with Gasteiger partial charge in [0.2, 0.25) is 0 Å². The lowest BCUT2D eigenvalue weighted by Gasteiger charge is -2.11. The number of carbonyl (C=O) groups is 1. The van der Waals surface area contributed by atoms with Gasteiger partial charge in [0.1, 0.15) is 18.5 Å². The Morgan fingerprint density at radius 1 is 1.03 bits per heavy atom. The van der Waals surface area contributed by atoms with Gasteiger partial charge in [-0.1, -0.05) is 62.5 Å². The van der Waals surface area contributed by atoms with E-state index in [-0.39, 0.29) is 18.8 Å². The first-order chi connectivity index (χ1) is 14.3. The van der Waals surface area contributed by atoms with E-state index in [0.717, 1.165) is 63.5 Å². The number of ether oxygens (including phenoxy) is 1. The summed E-state index contributed by atoms with van der Waals surface area (Å²) in [6, 6.07) is 4.56. The van der Waals surface area contributed by atoms with Gasteiger partial charge in [-0.05, 0) is 37.5 Å². The number of benzene rings is 1. The van der Waals surface area contributed by atoms with Crippen molar-refractivity contribution in [1.29, 1.82) is 0 Å². The van der Waals surface area contributed by atoms with Crippen LogP contribution in [0.3, 0.4) is 0 Å². The quantitative estimate of drug-likeness (QED) is 0.260. The summed E-state index contributed by atoms with van der Waals surface area (Å²) >= 11 is 0. The molecule has 0 aliphatic carbocycles. The van der Waals surface area contributed by atoms with Crippen LogP contribution < -0.4 is 4.74 Å². The lowest BCUT2D eigenvalue weighted by Crippen LogP contribution is -2.15. The first kappa shape index (κ1) is 25.8. The van der Waals surface area contributed by atoms with E-state index in [0.29, 0.717) is 0 Å². The van der Waals surface area contributed by atoms with Crippen LogP contribution >= 0.6 is 0 Å². The predicted molar refractivity (Wildman–Crippen MR) is 110 cm³/mol. The molecule has 1 aromatic carbocycles. The molecule has 2 N–H and O–H groups in total. The SMILES string of the molecule is O=C(O)CCCCCCCCC/C=C/C=C/C(O)COc1cccc(C(F)(F)F)c1. The topological polar surface area (TPSA) is 66.8 Å². The number of allylic oxidation sites excluding steroid dienone is 3. The molecule has 0 saturated heterocycles. The molecule has 1 atom stereocenters. The maximum Gasteiger partial charge on any atom is 0.416 e. The van der Waals surface area contributed by atoms with E-state index >= 15 is 0 Å². The molecule has 0 spiro atoms. The van der Waals surface area contributed by atoms with Crippen LogP contribution in [-0.2, 0) is 11.0 Å². The Morgan fingerprint density at radius 2 is 1.70 bits per heavy atom. The summed E-state index contributed by atoms with van der Waals surface area (Å²) < 4.78 is 43.2. The monoisotopic (exact) mass is 428 g/mol. The van der Waals surface area contributed by atoms with Gasteiger partial charge in [0.15, 0.2) is 0 Å². The lowest BCUT2D eigenvalue weighted by molar-refractivity contribution is -0.138. The summed E-state index contributed by atoms with van der Waals surface area (Å²) in [4.78, 5) is 10.4. The van der Waals surface area contributed by atoms with Crippen LogP contribution in [-0.4, -0.2) is 28.9 Å². The zero-order chi connectivity index (χ0) is 22.2. The number of hydrogen-bond acceptors (Lipinski definition) is 3. The second kappa shape index (κ2) is 14.7. The highest BCUT2D eigenvalue weighted by atomic mass is 19.4. The molecule has 1 rings (SSSR count). The smallest absolute Gasteiger partial charge is 0.416 e. The second-order valence-electron chi connectivity index (χ2n) is 7.12. The zero-order valence-electron chi connectivity index (χ0n) is 17.1. The van der Waals surface area contributed by atoms with Crippen molar-refractivity contribution in [2.45, 2.75) is 70.1 Å². The van der Waals surface area contributed by atoms with Gasteiger partial charge < -0.3 is 14.9 Å². The van der Waals surface area contributed by atoms with E-state index in [1.54, 1.807) is 6.08 Å². The van der Waals surface area contributed by atoms with E-state index in [1.165, 1.54) is 18.2 Å². The molecule has 0 aliphatic rings. The van der Waals surface area contributed by atoms with Gasteiger partial charge in [0.05, 0.1) is 5.56 Å². The molecule has 0 radical (unpaired) electrons. The minimum atomic E-state index is -4.43. The van der Waals surface area contributed by atoms with E-state index in [1.807, 2.05) is 12.2 Å². The van der Waals surface area contributed by atoms with Crippen molar-refractivity contribution in [2.75, 3.05) is 6.61 Å². The molecule has 0 amide bonds. The third-order valence-corrected chi connectivity index (χ3v) is 4.42. The summed E-state index contributed by atoms with van der Waals surface area (Å²) in [5, 5.41) is 18.4. The minimum Gasteiger partial charge on any atom is -0.491 e. The number of halogens is 3. The van der Waals surface area contributed by atoms with Crippen molar-refractivity contribution in [3.05, 3.63) is 54.1 Å². The van der Waals surface area contributed by atoms with E-state index < -0.39 is 23.8 Å². The number of hydrogen-bond donors (Lipinski definition) is 2. The van der Waals surface area contributed by atoms with E-state index in [2.05, 4.69) is 0 Å². The average Bonchev–Trinajstić information content (AvgIpc) is 2.69. The zero-order valence-corrected chi connectivity index (χ0v) is 17.1. The fourth-order valence-electron chi connectivity index (χ4n) is 2.79. The van der Waals surface area contributed by atoms with Crippen molar-refractivity contribution in [3.63, 3.8) is 0 Å². The Hall–Kier alpha value is -2.28. The highest BCUT2D eigenvalue weighted by molar-refractivity contribution is 5.66. The molecule has 0 fully saturated rings. The summed E-state index contributed by atoms with van der Waals surface area (Å²) in [5.74, 6) is -0.665. The molecule has 7 heteroatoms. The number of unbranched alkanes of at least 4 members (excludes halogenated alkanes) is 7. The highest BCUT2D eigenvalue weighted by Crippen LogP contribution is 2.31. The van der Waals surface area contributed by atoms with E-state index in [9.17, 15) is 23.1 Å². The Kier molecular flexibility index (Phi) is 12.6. The van der Waals surface area contributed by atoms with Crippen molar-refractivity contribution in [1.82, 2.24) is 0 Å². The van der Waals surface area contributed by atoms with Crippen LogP contribution in [0.4, 0.5) is 13.2 Å². The van der Waals surface area contributed by atoms with Crippen molar-refractivity contribution >= 4 is 5.97 Å². The number of carboxylic acid groups (broad SMARTS) is 1. The van der Waals surface area contributed by atoms with Crippen LogP contribution in [0, 0.1) is 0 Å². The first-order valence-electron chi connectivity index (χ1n) is 10.3. The van der Waals surface area contributed by atoms with E-state index in [4.69, 9.17) is 9.84 Å². The predicted octanol–water partition coefficient (Wildman–Crippen LogP) is 6.15. The fraction of sp³-hybridized carbons (Fsp3) is 0.522. The standard InChI is InChI=1S/C23H31F3O4/c24-23(25,26)19-13-12-15-21(17-19)30-18-20(27)14-10-8-6-4-2-1-3-5-7-9-11-16-22(28)29/h6,8,10,12-15,17,20,27H,1-5,7,9,11,16,18H2,(H,28,29)/b8-6+,14-10+. The maximum absolute atomic E-state index is 12.6. The maximum atomic E-state index is 12.6. The molecule has 4 nitrogen and oxygen atoms in total. The van der Waals surface area contributed by atoms with Crippen LogP contribution in [0.5, 0.6) is 5.75 Å². The normalized spacial score (nSPS) is 13.2. The molecule has 168 valence electrons. The molecule has 0 saturated carbocycles. The fourth-order valence-corrected chi connectivity index (χ4v) is 2.79. The summed E-state index contributed by atoms with van der Waals surface area (Å²) in [6.07, 6.45) is 10.2. The number of aliphatic hydroxyl groups is 1. The van der Waals surface area contributed by atoms with Crippen LogP contribution in [0.15, 0.2) is 48.6 Å². The summed E-state index contributed by atoms with van der Waals surface area (Å²) in [7, 11) is 0. The molecule has 30 heavy (non-hydrogen) atoms. The average molecular weight is 428 g/mol. The number of aliphatic carboxylic acids is 1. The van der Waals surface area contributed by atoms with Crippen molar-refractivity contribution in [3.8, 4) is 5.75 Å². The second-order valence-corrected chi connectivity index (χ2v) is 7.12. The summed E-state index contributed by atoms with van der Waals surface area (Å²) in [6.45, 7) is -0.127. The van der Waals surface area contributed by atoms with Gasteiger partial charge in [0, 0.05) is 6.42 Å². The largest absolute Gasteiger partial charge is 0.491 e. The molecule has 0 bridgehead atoms. The third kappa shape index (κ3) is 13.0. The minimum absolute atomic E-state index is 0.0645. The molecular weight excluding hydrogens is 397 g/mol. The lowest BCUT2D eigenvalue weighted by atomic mass is 10.1. The van der Waals surface area contributed by atoms with Gasteiger partial charge in [-0.25, -0.2) is 0 Å². The molecule has 0 aromatic heterocycles. The molecule has 0 heterocycles. The van der Waals surface area contributed by atoms with Gasteiger partial charge in [-0.15, -0.1) is 0 Å². The Bertz CT molecular complexity index is 669. The number of rotatable bonds is 15. The number of carboxylic acids is 1.